The number of hydrogen-bond donors (Lipinski definition) is 1. The number of nitrogens with one attached hydrogen (secondary N) is 1. The van der Waals surface area contributed by atoms with Gasteiger partial charge in [-0.25, -0.2) is 8.42 Å². The molecule has 2 atom stereocenters. The first kappa shape index (κ1) is 16.7. The molecule has 6 heteroatoms. The first-order valence-corrected chi connectivity index (χ1v) is 9.16. The molecule has 1 saturated carbocycles. The summed E-state index contributed by atoms with van der Waals surface area (Å²) in [6, 6.07) is 7.60. The first-order chi connectivity index (χ1) is 9.82. The van der Waals surface area contributed by atoms with Gasteiger partial charge in [-0.2, -0.15) is 4.31 Å². The van der Waals surface area contributed by atoms with Crippen LogP contribution in [0.1, 0.15) is 38.3 Å². The molecule has 118 valence electrons. The van der Waals surface area contributed by atoms with Crippen molar-refractivity contribution in [3.8, 4) is 0 Å². The van der Waals surface area contributed by atoms with Gasteiger partial charge in [-0.3, -0.25) is 0 Å². The Kier molecular flexibility index (Phi) is 5.30. The number of hydrogen-bond acceptors (Lipinski definition) is 3. The maximum atomic E-state index is 12.6. The fourth-order valence-corrected chi connectivity index (χ4v) is 3.74. The van der Waals surface area contributed by atoms with Crippen LogP contribution in [0.2, 0.25) is 5.02 Å². The van der Waals surface area contributed by atoms with E-state index in [1.54, 1.807) is 26.1 Å². The lowest BCUT2D eigenvalue weighted by Gasteiger charge is -2.28. The fraction of sp³-hybridized carbons (Fsp3) is 0.600. The second-order valence-corrected chi connectivity index (χ2v) is 8.63. The van der Waals surface area contributed by atoms with Crippen molar-refractivity contribution in [3.05, 3.63) is 34.9 Å². The van der Waals surface area contributed by atoms with Crippen LogP contribution in [0.15, 0.2) is 24.3 Å². The predicted molar refractivity (Wildman–Crippen MR) is 87.0 cm³/mol. The van der Waals surface area contributed by atoms with Crippen molar-refractivity contribution < 1.29 is 8.42 Å². The Labute approximate surface area is 132 Å². The molecular formula is C15H23ClN2O2S. The van der Waals surface area contributed by atoms with E-state index in [1.807, 2.05) is 19.1 Å². The summed E-state index contributed by atoms with van der Waals surface area (Å²) >= 11 is 5.87. The summed E-state index contributed by atoms with van der Waals surface area (Å²) < 4.78 is 26.7. The van der Waals surface area contributed by atoms with Crippen LogP contribution in [0, 0.1) is 0 Å². The topological polar surface area (TPSA) is 49.4 Å². The van der Waals surface area contributed by atoms with E-state index in [1.165, 1.54) is 4.31 Å². The van der Waals surface area contributed by atoms with Crippen LogP contribution < -0.4 is 5.32 Å². The summed E-state index contributed by atoms with van der Waals surface area (Å²) in [6.45, 7) is 4.16. The van der Waals surface area contributed by atoms with Crippen LogP contribution in [0.3, 0.4) is 0 Å². The zero-order chi connectivity index (χ0) is 15.6. The molecule has 1 aromatic rings. The zero-order valence-corrected chi connectivity index (χ0v) is 14.3. The molecule has 0 radical (unpaired) electrons. The van der Waals surface area contributed by atoms with Crippen molar-refractivity contribution in [2.24, 2.45) is 0 Å². The van der Waals surface area contributed by atoms with Gasteiger partial charge in [0.05, 0.1) is 5.25 Å². The predicted octanol–water partition coefficient (Wildman–Crippen LogP) is 2.80. The van der Waals surface area contributed by atoms with Crippen LogP contribution in [0.25, 0.3) is 0 Å². The second-order valence-electron chi connectivity index (χ2n) is 5.78. The van der Waals surface area contributed by atoms with Crippen LogP contribution >= 0.6 is 11.6 Å². The molecule has 4 nitrogen and oxygen atoms in total. The van der Waals surface area contributed by atoms with E-state index in [0.717, 1.165) is 18.4 Å². The average molecular weight is 331 g/mol. The lowest BCUT2D eigenvalue weighted by molar-refractivity contribution is 0.391. The molecule has 2 unspecified atom stereocenters. The molecule has 2 rings (SSSR count). The summed E-state index contributed by atoms with van der Waals surface area (Å²) in [5.41, 5.74) is 0.938. The van der Waals surface area contributed by atoms with Gasteiger partial charge in [-0.05, 0) is 44.4 Å². The van der Waals surface area contributed by atoms with Crippen molar-refractivity contribution in [2.75, 3.05) is 13.6 Å². The number of benzene rings is 1. The molecule has 21 heavy (non-hydrogen) atoms. The third kappa shape index (κ3) is 4.19. The molecule has 1 fully saturated rings. The Bertz CT molecular complexity index is 570. The van der Waals surface area contributed by atoms with Gasteiger partial charge in [0, 0.05) is 30.7 Å². The van der Waals surface area contributed by atoms with E-state index < -0.39 is 15.3 Å². The van der Waals surface area contributed by atoms with Gasteiger partial charge >= 0.3 is 0 Å². The largest absolute Gasteiger partial charge is 0.313 e. The number of sulfonamides is 1. The maximum Gasteiger partial charge on any atom is 0.218 e. The maximum absolute atomic E-state index is 12.6. The molecule has 1 N–H and O–H groups in total. The molecular weight excluding hydrogens is 308 g/mol. The number of rotatable bonds is 7. The van der Waals surface area contributed by atoms with E-state index in [2.05, 4.69) is 5.32 Å². The summed E-state index contributed by atoms with van der Waals surface area (Å²) in [6.07, 6.45) is 2.31. The summed E-state index contributed by atoms with van der Waals surface area (Å²) in [5, 5.41) is 3.50. The molecule has 0 aromatic heterocycles. The van der Waals surface area contributed by atoms with Gasteiger partial charge in [0.25, 0.3) is 0 Å². The van der Waals surface area contributed by atoms with Gasteiger partial charge in [0.1, 0.15) is 0 Å². The summed E-state index contributed by atoms with van der Waals surface area (Å²) in [5.74, 6) is 0. The molecule has 0 heterocycles. The highest BCUT2D eigenvalue weighted by Gasteiger charge is 2.31. The molecule has 0 spiro atoms. The quantitative estimate of drug-likeness (QED) is 0.836. The van der Waals surface area contributed by atoms with Gasteiger partial charge in [0.15, 0.2) is 0 Å². The Morgan fingerprint density at radius 3 is 2.38 bits per heavy atom. The molecule has 0 bridgehead atoms. The minimum atomic E-state index is -3.33. The van der Waals surface area contributed by atoms with Crippen molar-refractivity contribution >= 4 is 21.6 Å². The highest BCUT2D eigenvalue weighted by atomic mass is 35.5. The SMILES string of the molecule is CC(c1ccc(Cl)cc1)N(C)S(=O)(=O)C(C)CNC1CC1. The third-order valence-corrected chi connectivity index (χ3v) is 6.63. The lowest BCUT2D eigenvalue weighted by atomic mass is 10.1. The Hall–Kier alpha value is -0.620. The smallest absolute Gasteiger partial charge is 0.218 e. The molecule has 1 aliphatic rings. The van der Waals surface area contributed by atoms with Crippen molar-refractivity contribution in [1.82, 2.24) is 9.62 Å². The van der Waals surface area contributed by atoms with Gasteiger partial charge in [-0.1, -0.05) is 23.7 Å². The highest BCUT2D eigenvalue weighted by Crippen LogP contribution is 2.25. The fourth-order valence-electron chi connectivity index (χ4n) is 2.18. The minimum absolute atomic E-state index is 0.212. The standard InChI is InChI=1S/C15H23ClN2O2S/c1-11(10-17-15-8-9-15)21(19,20)18(3)12(2)13-4-6-14(16)7-5-13/h4-7,11-12,15,17H,8-10H2,1-3H3. The van der Waals surface area contributed by atoms with E-state index in [4.69, 9.17) is 11.6 Å². The van der Waals surface area contributed by atoms with E-state index >= 15 is 0 Å². The van der Waals surface area contributed by atoms with Crippen LogP contribution in [0.5, 0.6) is 0 Å². The number of nitrogens with zero attached hydrogens (tertiary/aromatic N) is 1. The van der Waals surface area contributed by atoms with Gasteiger partial charge < -0.3 is 5.32 Å². The van der Waals surface area contributed by atoms with Crippen molar-refractivity contribution in [2.45, 2.75) is 44.0 Å². The molecule has 0 saturated heterocycles. The van der Waals surface area contributed by atoms with Gasteiger partial charge in [-0.15, -0.1) is 0 Å². The van der Waals surface area contributed by atoms with Gasteiger partial charge in [0.2, 0.25) is 10.0 Å². The van der Waals surface area contributed by atoms with Crippen LogP contribution in [-0.4, -0.2) is 37.6 Å². The first-order valence-electron chi connectivity index (χ1n) is 7.28. The molecule has 1 aromatic carbocycles. The molecule has 0 amide bonds. The average Bonchev–Trinajstić information content (AvgIpc) is 3.28. The Morgan fingerprint density at radius 2 is 1.86 bits per heavy atom. The Morgan fingerprint density at radius 1 is 1.29 bits per heavy atom. The highest BCUT2D eigenvalue weighted by molar-refractivity contribution is 7.89. The van der Waals surface area contributed by atoms with Crippen molar-refractivity contribution in [3.63, 3.8) is 0 Å². The normalized spacial score (nSPS) is 18.7. The van der Waals surface area contributed by atoms with Crippen molar-refractivity contribution in [1.29, 1.82) is 0 Å². The lowest BCUT2D eigenvalue weighted by Crippen LogP contribution is -2.41. The Balaban J connectivity index is 2.04. The third-order valence-electron chi connectivity index (χ3n) is 4.08. The molecule has 1 aliphatic carbocycles. The molecule has 0 aliphatic heterocycles. The van der Waals surface area contributed by atoms with Crippen LogP contribution in [0.4, 0.5) is 0 Å². The summed E-state index contributed by atoms with van der Waals surface area (Å²) in [4.78, 5) is 0. The minimum Gasteiger partial charge on any atom is -0.313 e. The monoisotopic (exact) mass is 330 g/mol. The summed E-state index contributed by atoms with van der Waals surface area (Å²) in [7, 11) is -1.69. The number of halogens is 1. The van der Waals surface area contributed by atoms with E-state index in [0.29, 0.717) is 17.6 Å². The van der Waals surface area contributed by atoms with E-state index in [9.17, 15) is 8.42 Å². The van der Waals surface area contributed by atoms with E-state index in [-0.39, 0.29) is 6.04 Å². The zero-order valence-electron chi connectivity index (χ0n) is 12.7. The van der Waals surface area contributed by atoms with Crippen LogP contribution in [-0.2, 0) is 10.0 Å². The second kappa shape index (κ2) is 6.65.